The fourth-order valence-corrected chi connectivity index (χ4v) is 6.35. The molecular formula is C27H31N7O4S. The molecule has 5 rings (SSSR count). The lowest BCUT2D eigenvalue weighted by atomic mass is 9.67. The molecule has 3 unspecified atom stereocenters. The number of aromatic nitrogens is 2. The molecule has 2 aliphatic rings. The average molecular weight is 550 g/mol. The van der Waals surface area contributed by atoms with Gasteiger partial charge in [0, 0.05) is 50.1 Å². The molecule has 0 aliphatic carbocycles. The Hall–Kier alpha value is -3.87. The highest BCUT2D eigenvalue weighted by molar-refractivity contribution is 7.17. The summed E-state index contributed by atoms with van der Waals surface area (Å²) < 4.78 is 6.46. The zero-order chi connectivity index (χ0) is 27.5. The van der Waals surface area contributed by atoms with Crippen LogP contribution in [-0.4, -0.2) is 72.4 Å². The summed E-state index contributed by atoms with van der Waals surface area (Å²) in [5.74, 6) is -3.21. The van der Waals surface area contributed by atoms with E-state index in [0.717, 1.165) is 21.5 Å². The number of carbonyl (C=O) groups is 2. The van der Waals surface area contributed by atoms with Gasteiger partial charge in [0.2, 0.25) is 5.79 Å². The molecule has 11 nitrogen and oxygen atoms in total. The second kappa shape index (κ2) is 11.1. The smallest absolute Gasteiger partial charge is 0.318 e. The van der Waals surface area contributed by atoms with E-state index in [4.69, 9.17) is 9.73 Å². The zero-order valence-electron chi connectivity index (χ0n) is 21.8. The summed E-state index contributed by atoms with van der Waals surface area (Å²) in [7, 11) is 1.49. The van der Waals surface area contributed by atoms with Gasteiger partial charge in [0.15, 0.2) is 0 Å². The van der Waals surface area contributed by atoms with Crippen molar-refractivity contribution in [3.05, 3.63) is 54.3 Å². The predicted octanol–water partition coefficient (Wildman–Crippen LogP) is 3.06. The molecule has 2 aliphatic heterocycles. The first-order valence-electron chi connectivity index (χ1n) is 12.7. The minimum absolute atomic E-state index is 0.0368. The van der Waals surface area contributed by atoms with E-state index in [1.54, 1.807) is 24.0 Å². The minimum Gasteiger partial charge on any atom is -0.481 e. The molecule has 0 radical (unpaired) electrons. The molecule has 4 N–H and O–H groups in total. The molecule has 1 fully saturated rings. The number of carbonyl (C=O) groups excluding carboxylic acids is 1. The first kappa shape index (κ1) is 26.7. The number of aliphatic carboxylic acids is 1. The molecule has 1 aromatic carbocycles. The van der Waals surface area contributed by atoms with E-state index in [1.165, 1.54) is 18.4 Å². The van der Waals surface area contributed by atoms with Crippen molar-refractivity contribution >= 4 is 45.5 Å². The summed E-state index contributed by atoms with van der Waals surface area (Å²) in [5, 5.41) is 19.8. The van der Waals surface area contributed by atoms with Gasteiger partial charge >= 0.3 is 12.0 Å². The highest BCUT2D eigenvalue weighted by Crippen LogP contribution is 2.46. The Bertz CT molecular complexity index is 1410. The molecule has 39 heavy (non-hydrogen) atoms. The number of anilines is 1. The van der Waals surface area contributed by atoms with Crippen LogP contribution in [0.1, 0.15) is 13.3 Å². The molecular weight excluding hydrogens is 518 g/mol. The third-order valence-electron chi connectivity index (χ3n) is 7.31. The Morgan fingerprint density at radius 1 is 1.31 bits per heavy atom. The van der Waals surface area contributed by atoms with Crippen molar-refractivity contribution in [1.29, 1.82) is 0 Å². The first-order valence-corrected chi connectivity index (χ1v) is 13.6. The Morgan fingerprint density at radius 2 is 2.18 bits per heavy atom. The molecule has 4 heterocycles. The third kappa shape index (κ3) is 4.75. The van der Waals surface area contributed by atoms with Gasteiger partial charge in [-0.1, -0.05) is 6.07 Å². The number of carboxylic acids is 1. The maximum absolute atomic E-state index is 13.2. The van der Waals surface area contributed by atoms with E-state index >= 15 is 0 Å². The number of methoxy groups -OCH3 is 1. The number of pyridine rings is 1. The number of nitrogens with zero attached hydrogens (tertiary/aromatic N) is 4. The molecule has 204 valence electrons. The number of fused-ring (bicyclic) bond motifs is 1. The van der Waals surface area contributed by atoms with E-state index < -0.39 is 29.1 Å². The predicted molar refractivity (Wildman–Crippen MR) is 151 cm³/mol. The van der Waals surface area contributed by atoms with E-state index in [9.17, 15) is 14.7 Å². The van der Waals surface area contributed by atoms with Crippen LogP contribution in [0.5, 0.6) is 0 Å². The van der Waals surface area contributed by atoms with Gasteiger partial charge in [-0.15, -0.1) is 11.3 Å². The molecule has 1 saturated heterocycles. The monoisotopic (exact) mass is 549 g/mol. The van der Waals surface area contributed by atoms with Gasteiger partial charge in [-0.25, -0.2) is 14.8 Å². The maximum atomic E-state index is 13.2. The molecule has 3 atom stereocenters. The number of allylic oxidation sites excluding steroid dienone is 1. The summed E-state index contributed by atoms with van der Waals surface area (Å²) in [6, 6.07) is 9.16. The number of thiazole rings is 1. The van der Waals surface area contributed by atoms with E-state index in [0.29, 0.717) is 25.2 Å². The van der Waals surface area contributed by atoms with Crippen molar-refractivity contribution in [2.75, 3.05) is 38.3 Å². The number of rotatable bonds is 8. The zero-order valence-corrected chi connectivity index (χ0v) is 22.6. The highest BCUT2D eigenvalue weighted by atomic mass is 32.1. The molecule has 0 spiro atoms. The second-order valence-electron chi connectivity index (χ2n) is 9.51. The third-order valence-corrected chi connectivity index (χ3v) is 8.18. The Balaban J connectivity index is 1.73. The van der Waals surface area contributed by atoms with Crippen LogP contribution in [0.4, 0.5) is 10.5 Å². The van der Waals surface area contributed by atoms with Crippen LogP contribution in [-0.2, 0) is 9.53 Å². The number of ether oxygens (including phenoxy) is 1. The van der Waals surface area contributed by atoms with Crippen molar-refractivity contribution in [1.82, 2.24) is 25.9 Å². The second-order valence-corrected chi connectivity index (χ2v) is 10.4. The van der Waals surface area contributed by atoms with E-state index in [2.05, 4.69) is 25.9 Å². The Kier molecular flexibility index (Phi) is 7.60. The van der Waals surface area contributed by atoms with Gasteiger partial charge in [0.25, 0.3) is 0 Å². The lowest BCUT2D eigenvalue weighted by Gasteiger charge is -2.53. The number of benzene rings is 1. The number of hydrogen-bond acceptors (Lipinski definition) is 9. The maximum Gasteiger partial charge on any atom is 0.318 e. The normalized spacial score (nSPS) is 24.6. The van der Waals surface area contributed by atoms with Crippen molar-refractivity contribution in [2.24, 2.45) is 16.3 Å². The van der Waals surface area contributed by atoms with Gasteiger partial charge in [-0.2, -0.15) is 0 Å². The van der Waals surface area contributed by atoms with Gasteiger partial charge in [-0.05, 0) is 50.2 Å². The lowest BCUT2D eigenvalue weighted by Crippen LogP contribution is -2.72. The highest BCUT2D eigenvalue weighted by Gasteiger charge is 2.60. The number of hydrogen-bond donors (Lipinski definition) is 4. The van der Waals surface area contributed by atoms with E-state index in [-0.39, 0.29) is 13.2 Å². The number of aliphatic imine (C=N–C) groups is 1. The summed E-state index contributed by atoms with van der Waals surface area (Å²) in [5.41, 5.74) is 3.55. The molecule has 3 aromatic rings. The van der Waals surface area contributed by atoms with Gasteiger partial charge in [0.05, 0.1) is 33.9 Å². The van der Waals surface area contributed by atoms with Crippen LogP contribution in [0.2, 0.25) is 0 Å². The van der Waals surface area contributed by atoms with Gasteiger partial charge in [-0.3, -0.25) is 15.1 Å². The fraction of sp³-hybridized carbons (Fsp3) is 0.370. The summed E-state index contributed by atoms with van der Waals surface area (Å²) in [6.07, 6.45) is 7.21. The van der Waals surface area contributed by atoms with Gasteiger partial charge < -0.3 is 25.4 Å². The van der Waals surface area contributed by atoms with Crippen molar-refractivity contribution in [3.8, 4) is 11.3 Å². The van der Waals surface area contributed by atoms with Crippen LogP contribution in [0.15, 0.2) is 59.3 Å². The summed E-state index contributed by atoms with van der Waals surface area (Å²) >= 11 is 1.52. The summed E-state index contributed by atoms with van der Waals surface area (Å²) in [4.78, 5) is 41.9. The van der Waals surface area contributed by atoms with Crippen molar-refractivity contribution in [3.63, 3.8) is 0 Å². The number of nitrogens with one attached hydrogen (secondary N) is 3. The fourth-order valence-electron chi connectivity index (χ4n) is 5.56. The molecule has 2 amide bonds. The lowest BCUT2D eigenvalue weighted by molar-refractivity contribution is -0.163. The van der Waals surface area contributed by atoms with Gasteiger partial charge in [0.1, 0.15) is 5.41 Å². The quantitative estimate of drug-likeness (QED) is 0.336. The van der Waals surface area contributed by atoms with E-state index in [1.807, 2.05) is 48.4 Å². The number of carboxylic acid groups (broad SMARTS) is 1. The number of urea groups is 1. The topological polar surface area (TPSA) is 141 Å². The van der Waals surface area contributed by atoms with Crippen LogP contribution in [0.25, 0.3) is 21.5 Å². The van der Waals surface area contributed by atoms with Crippen LogP contribution in [0.3, 0.4) is 0 Å². The standard InChI is InChI=1S/C27H31N7O4S/c1-3-29-25(37)33-27(22-15-28-11-8-26(22,16-38-2)24(35)36)32-10-6-12-34(27)18-13-19(20-7-4-5-9-30-20)23-21(14-18)31-17-39-23/h4-7,9-10,12-14,17,22,28H,3,8,11,15-16H2,1-2H3,(H,35,36)(H2,29,33,37). The van der Waals surface area contributed by atoms with Crippen molar-refractivity contribution < 1.29 is 19.4 Å². The minimum atomic E-state index is -1.50. The molecule has 2 aromatic heterocycles. The summed E-state index contributed by atoms with van der Waals surface area (Å²) in [6.45, 7) is 2.96. The van der Waals surface area contributed by atoms with Crippen LogP contribution >= 0.6 is 11.3 Å². The molecule has 0 saturated carbocycles. The Morgan fingerprint density at radius 3 is 2.92 bits per heavy atom. The molecule has 12 heteroatoms. The van der Waals surface area contributed by atoms with Crippen LogP contribution in [0, 0.1) is 11.3 Å². The van der Waals surface area contributed by atoms with Crippen LogP contribution < -0.4 is 20.9 Å². The SMILES string of the molecule is CCNC(=O)NC1(C2CNCCC2(COC)C(=O)O)N=CC=CN1c1cc(-c2ccccn2)c2scnc2c1. The average Bonchev–Trinajstić information content (AvgIpc) is 3.42. The van der Waals surface area contributed by atoms with Crippen molar-refractivity contribution in [2.45, 2.75) is 19.1 Å². The first-order chi connectivity index (χ1) is 18.9. The molecule has 0 bridgehead atoms. The Labute approximate surface area is 230 Å². The number of amides is 2. The number of piperidine rings is 1. The largest absolute Gasteiger partial charge is 0.481 e.